The maximum atomic E-state index is 13.1. The summed E-state index contributed by atoms with van der Waals surface area (Å²) in [6.45, 7) is 1.88. The summed E-state index contributed by atoms with van der Waals surface area (Å²) in [4.78, 5) is 2.15. The van der Waals surface area contributed by atoms with E-state index < -0.39 is 11.7 Å². The number of benzene rings is 2. The van der Waals surface area contributed by atoms with Gasteiger partial charge in [0.05, 0.1) is 18.8 Å². The van der Waals surface area contributed by atoms with Crippen molar-refractivity contribution in [3.63, 3.8) is 0 Å². The molecule has 1 aliphatic rings. The number of likely N-dealkylation sites (tertiary alicyclic amines) is 1. The fraction of sp³-hybridized carbons (Fsp3) is 0.400. The van der Waals surface area contributed by atoms with E-state index in [0.717, 1.165) is 16.9 Å². The molecule has 0 unspecified atom stereocenters. The average molecular weight is 345 g/mol. The summed E-state index contributed by atoms with van der Waals surface area (Å²) in [5.74, 6) is 0.464. The largest absolute Gasteiger partial charge is 0.497 e. The van der Waals surface area contributed by atoms with Gasteiger partial charge in [0.15, 0.2) is 0 Å². The molecule has 1 saturated heterocycles. The van der Waals surface area contributed by atoms with E-state index in [1.165, 1.54) is 12.1 Å². The van der Waals surface area contributed by atoms with Crippen LogP contribution in [-0.4, -0.2) is 41.9 Å². The molecule has 3 rings (SSSR count). The van der Waals surface area contributed by atoms with Crippen molar-refractivity contribution in [1.82, 2.24) is 4.90 Å². The molecule has 2 aromatic rings. The van der Waals surface area contributed by atoms with Crippen molar-refractivity contribution in [3.8, 4) is 5.75 Å². The van der Waals surface area contributed by atoms with Gasteiger partial charge in [-0.05, 0) is 48.2 Å². The molecule has 1 aliphatic heterocycles. The molecular weight excluding hydrogens is 321 g/mol. The third kappa shape index (κ3) is 4.18. The van der Waals surface area contributed by atoms with E-state index in [2.05, 4.69) is 4.90 Å². The van der Waals surface area contributed by atoms with Gasteiger partial charge < -0.3 is 19.8 Å². The zero-order valence-electron chi connectivity index (χ0n) is 14.4. The molecule has 0 radical (unpaired) electrons. The molecule has 134 valence electrons. The Morgan fingerprint density at radius 3 is 2.24 bits per heavy atom. The number of hydrogen-bond donors (Lipinski definition) is 2. The summed E-state index contributed by atoms with van der Waals surface area (Å²) in [6.07, 6.45) is 0.546. The molecule has 1 fully saturated rings. The molecule has 0 bridgehead atoms. The number of aliphatic hydroxyl groups is 2. The van der Waals surface area contributed by atoms with Gasteiger partial charge in [0.1, 0.15) is 11.6 Å². The lowest BCUT2D eigenvalue weighted by Gasteiger charge is -2.39. The van der Waals surface area contributed by atoms with Crippen LogP contribution in [0, 0.1) is 5.82 Å². The third-order valence-corrected chi connectivity index (χ3v) is 5.00. The number of halogens is 1. The van der Waals surface area contributed by atoms with Crippen LogP contribution in [0.25, 0.3) is 0 Å². The van der Waals surface area contributed by atoms with Gasteiger partial charge in [0, 0.05) is 19.6 Å². The lowest BCUT2D eigenvalue weighted by molar-refractivity contribution is -0.0345. The van der Waals surface area contributed by atoms with Crippen molar-refractivity contribution < 1.29 is 19.3 Å². The minimum atomic E-state index is -0.921. The summed E-state index contributed by atoms with van der Waals surface area (Å²) >= 11 is 0. The Morgan fingerprint density at radius 2 is 1.68 bits per heavy atom. The van der Waals surface area contributed by atoms with E-state index in [1.54, 1.807) is 19.2 Å². The van der Waals surface area contributed by atoms with Gasteiger partial charge >= 0.3 is 0 Å². The first kappa shape index (κ1) is 17.9. The maximum absolute atomic E-state index is 13.1. The monoisotopic (exact) mass is 345 g/mol. The van der Waals surface area contributed by atoms with Crippen molar-refractivity contribution in [1.29, 1.82) is 0 Å². The number of piperidine rings is 1. The molecule has 0 saturated carbocycles. The van der Waals surface area contributed by atoms with E-state index in [9.17, 15) is 14.6 Å². The second-order valence-corrected chi connectivity index (χ2v) is 6.63. The highest BCUT2D eigenvalue weighted by atomic mass is 19.1. The first-order chi connectivity index (χ1) is 12.0. The van der Waals surface area contributed by atoms with E-state index in [-0.39, 0.29) is 5.82 Å². The molecule has 2 aromatic carbocycles. The van der Waals surface area contributed by atoms with Crippen molar-refractivity contribution >= 4 is 0 Å². The Labute approximate surface area is 147 Å². The molecule has 25 heavy (non-hydrogen) atoms. The lowest BCUT2D eigenvalue weighted by Crippen LogP contribution is -2.43. The molecule has 5 heteroatoms. The maximum Gasteiger partial charge on any atom is 0.123 e. The van der Waals surface area contributed by atoms with Crippen LogP contribution in [0.5, 0.6) is 5.75 Å². The van der Waals surface area contributed by atoms with Crippen LogP contribution in [0.15, 0.2) is 48.5 Å². The average Bonchev–Trinajstić information content (AvgIpc) is 2.64. The van der Waals surface area contributed by atoms with Gasteiger partial charge in [-0.15, -0.1) is 0 Å². The van der Waals surface area contributed by atoms with Crippen LogP contribution in [0.4, 0.5) is 4.39 Å². The number of nitrogens with zero attached hydrogens (tertiary/aromatic N) is 1. The van der Waals surface area contributed by atoms with Crippen LogP contribution in [0.3, 0.4) is 0 Å². The smallest absolute Gasteiger partial charge is 0.123 e. The number of ether oxygens (including phenoxy) is 1. The third-order valence-electron chi connectivity index (χ3n) is 5.00. The molecule has 0 aromatic heterocycles. The van der Waals surface area contributed by atoms with Gasteiger partial charge in [-0.3, -0.25) is 0 Å². The van der Waals surface area contributed by atoms with E-state index in [1.807, 2.05) is 24.3 Å². The first-order valence-corrected chi connectivity index (χ1v) is 8.53. The zero-order chi connectivity index (χ0) is 17.9. The molecule has 0 spiro atoms. The highest BCUT2D eigenvalue weighted by Gasteiger charge is 2.34. The van der Waals surface area contributed by atoms with Crippen molar-refractivity contribution in [3.05, 3.63) is 65.5 Å². The Kier molecular flexibility index (Phi) is 5.37. The predicted molar refractivity (Wildman–Crippen MR) is 93.9 cm³/mol. The number of hydrogen-bond acceptors (Lipinski definition) is 4. The Hall–Kier alpha value is -1.95. The van der Waals surface area contributed by atoms with Gasteiger partial charge in [-0.1, -0.05) is 24.3 Å². The molecule has 2 N–H and O–H groups in total. The Morgan fingerprint density at radius 1 is 1.08 bits per heavy atom. The van der Waals surface area contributed by atoms with Crippen LogP contribution in [-0.2, 0) is 5.60 Å². The standard InChI is InChI=1S/C20H24FNO3/c1-25-18-8-2-15(3-9-18)19(23)14-22-12-10-20(24,11-13-22)16-4-6-17(21)7-5-16/h2-9,19,23-24H,10-14H2,1H3/t19-/m1/s1. The lowest BCUT2D eigenvalue weighted by atomic mass is 9.84. The number of aliphatic hydroxyl groups excluding tert-OH is 1. The zero-order valence-corrected chi connectivity index (χ0v) is 14.4. The van der Waals surface area contributed by atoms with Crippen LogP contribution in [0.2, 0.25) is 0 Å². The fourth-order valence-electron chi connectivity index (χ4n) is 3.33. The van der Waals surface area contributed by atoms with Crippen molar-refractivity contribution in [2.24, 2.45) is 0 Å². The van der Waals surface area contributed by atoms with E-state index >= 15 is 0 Å². The summed E-state index contributed by atoms with van der Waals surface area (Å²) in [6, 6.07) is 13.5. The van der Waals surface area contributed by atoms with Gasteiger partial charge in [0.25, 0.3) is 0 Å². The second-order valence-electron chi connectivity index (χ2n) is 6.63. The predicted octanol–water partition coefficient (Wildman–Crippen LogP) is 2.85. The number of methoxy groups -OCH3 is 1. The summed E-state index contributed by atoms with van der Waals surface area (Å²) in [7, 11) is 1.61. The van der Waals surface area contributed by atoms with E-state index in [0.29, 0.717) is 32.5 Å². The highest BCUT2D eigenvalue weighted by Crippen LogP contribution is 2.33. The molecule has 4 nitrogen and oxygen atoms in total. The Balaban J connectivity index is 1.57. The Bertz CT molecular complexity index is 679. The van der Waals surface area contributed by atoms with Gasteiger partial charge in [0.2, 0.25) is 0 Å². The number of rotatable bonds is 5. The number of β-amino-alcohol motifs (C(OH)–C–C–N with tert-alkyl or cyclic N) is 1. The summed E-state index contributed by atoms with van der Waals surface area (Å²) < 4.78 is 18.2. The highest BCUT2D eigenvalue weighted by molar-refractivity contribution is 5.28. The molecule has 1 atom stereocenters. The molecule has 1 heterocycles. The van der Waals surface area contributed by atoms with E-state index in [4.69, 9.17) is 4.74 Å². The van der Waals surface area contributed by atoms with Crippen molar-refractivity contribution in [2.45, 2.75) is 24.5 Å². The van der Waals surface area contributed by atoms with Gasteiger partial charge in [-0.2, -0.15) is 0 Å². The first-order valence-electron chi connectivity index (χ1n) is 8.53. The minimum absolute atomic E-state index is 0.299. The molecule has 0 aliphatic carbocycles. The summed E-state index contributed by atoms with van der Waals surface area (Å²) in [5, 5.41) is 21.3. The van der Waals surface area contributed by atoms with Gasteiger partial charge in [-0.25, -0.2) is 4.39 Å². The molecule has 0 amide bonds. The van der Waals surface area contributed by atoms with Crippen LogP contribution < -0.4 is 4.74 Å². The van der Waals surface area contributed by atoms with Crippen LogP contribution >= 0.6 is 0 Å². The van der Waals surface area contributed by atoms with Crippen molar-refractivity contribution in [2.75, 3.05) is 26.7 Å². The normalized spacial score (nSPS) is 18.7. The second kappa shape index (κ2) is 7.52. The molecular formula is C20H24FNO3. The topological polar surface area (TPSA) is 52.9 Å². The SMILES string of the molecule is COc1ccc([C@H](O)CN2CCC(O)(c3ccc(F)cc3)CC2)cc1. The fourth-order valence-corrected chi connectivity index (χ4v) is 3.33. The van der Waals surface area contributed by atoms with Crippen LogP contribution in [0.1, 0.15) is 30.1 Å². The summed E-state index contributed by atoms with van der Waals surface area (Å²) in [5.41, 5.74) is 0.680. The quantitative estimate of drug-likeness (QED) is 0.875. The minimum Gasteiger partial charge on any atom is -0.497 e.